The van der Waals surface area contributed by atoms with Gasteiger partial charge in [-0.2, -0.15) is 0 Å². The Kier molecular flexibility index (Phi) is 2.29. The third-order valence-electron chi connectivity index (χ3n) is 2.84. The van der Waals surface area contributed by atoms with E-state index in [9.17, 15) is 0 Å². The van der Waals surface area contributed by atoms with Crippen LogP contribution in [0.1, 0.15) is 0 Å². The molecule has 2 aromatic heterocycles. The van der Waals surface area contributed by atoms with E-state index in [0.29, 0.717) is 0 Å². The van der Waals surface area contributed by atoms with Crippen LogP contribution < -0.4 is 4.74 Å². The predicted molar refractivity (Wildman–Crippen MR) is 68.1 cm³/mol. The topological polar surface area (TPSA) is 37.9 Å². The van der Waals surface area contributed by atoms with Gasteiger partial charge in [0.05, 0.1) is 18.3 Å². The van der Waals surface area contributed by atoms with E-state index in [-0.39, 0.29) is 0 Å². The summed E-state index contributed by atoms with van der Waals surface area (Å²) in [5.41, 5.74) is 2.96. The lowest BCUT2D eigenvalue weighted by Gasteiger charge is -2.08. The number of methoxy groups -OCH3 is 1. The van der Waals surface area contributed by atoms with Gasteiger partial charge in [-0.15, -0.1) is 0 Å². The van der Waals surface area contributed by atoms with Crippen molar-refractivity contribution in [3.63, 3.8) is 0 Å². The van der Waals surface area contributed by atoms with E-state index in [2.05, 4.69) is 9.97 Å². The summed E-state index contributed by atoms with van der Waals surface area (Å²) in [4.78, 5) is 7.67. The normalized spacial score (nSPS) is 10.6. The molecule has 0 saturated carbocycles. The minimum Gasteiger partial charge on any atom is -0.496 e. The van der Waals surface area contributed by atoms with E-state index >= 15 is 0 Å². The molecule has 0 unspecified atom stereocenters. The van der Waals surface area contributed by atoms with E-state index < -0.39 is 0 Å². The van der Waals surface area contributed by atoms with E-state index in [0.717, 1.165) is 27.9 Å². The van der Waals surface area contributed by atoms with Crippen LogP contribution in [0.2, 0.25) is 0 Å². The zero-order chi connectivity index (χ0) is 11.7. The van der Waals surface area contributed by atoms with Gasteiger partial charge in [-0.05, 0) is 24.3 Å². The highest BCUT2D eigenvalue weighted by atomic mass is 16.5. The van der Waals surface area contributed by atoms with Gasteiger partial charge in [-0.1, -0.05) is 12.1 Å². The van der Waals surface area contributed by atoms with Gasteiger partial charge in [0.15, 0.2) is 0 Å². The molecule has 0 saturated heterocycles. The summed E-state index contributed by atoms with van der Waals surface area (Å²) in [6, 6.07) is 11.9. The molecular weight excluding hydrogens is 212 g/mol. The maximum absolute atomic E-state index is 5.37. The highest BCUT2D eigenvalue weighted by molar-refractivity contribution is 5.93. The van der Waals surface area contributed by atoms with Crippen LogP contribution in [-0.2, 0) is 0 Å². The number of aromatic nitrogens is 2. The van der Waals surface area contributed by atoms with Crippen LogP contribution in [0.15, 0.2) is 48.8 Å². The van der Waals surface area contributed by atoms with Gasteiger partial charge in [0.1, 0.15) is 5.75 Å². The van der Waals surface area contributed by atoms with Gasteiger partial charge in [0.25, 0.3) is 0 Å². The molecule has 84 valence electrons. The number of ether oxygens (including phenoxy) is 1. The Morgan fingerprint density at radius 2 is 2.00 bits per heavy atom. The maximum Gasteiger partial charge on any atom is 0.128 e. The van der Waals surface area contributed by atoms with E-state index in [1.165, 1.54) is 0 Å². The van der Waals surface area contributed by atoms with E-state index in [4.69, 9.17) is 4.74 Å². The second-order valence-corrected chi connectivity index (χ2v) is 3.80. The second kappa shape index (κ2) is 3.94. The Morgan fingerprint density at radius 3 is 2.88 bits per heavy atom. The second-order valence-electron chi connectivity index (χ2n) is 3.80. The minimum atomic E-state index is 0.835. The number of benzene rings is 1. The molecule has 0 aliphatic heterocycles. The summed E-state index contributed by atoms with van der Waals surface area (Å²) in [6.45, 7) is 0. The van der Waals surface area contributed by atoms with Gasteiger partial charge >= 0.3 is 0 Å². The highest BCUT2D eigenvalue weighted by Crippen LogP contribution is 2.32. The van der Waals surface area contributed by atoms with Gasteiger partial charge < -0.3 is 9.72 Å². The van der Waals surface area contributed by atoms with Crippen molar-refractivity contribution in [3.05, 3.63) is 48.8 Å². The number of aromatic amines is 1. The van der Waals surface area contributed by atoms with Gasteiger partial charge in [-0.25, -0.2) is 0 Å². The van der Waals surface area contributed by atoms with Gasteiger partial charge in [-0.3, -0.25) is 4.98 Å². The average Bonchev–Trinajstić information content (AvgIpc) is 2.86. The Labute approximate surface area is 99.1 Å². The zero-order valence-electron chi connectivity index (χ0n) is 9.47. The quantitative estimate of drug-likeness (QED) is 0.725. The largest absolute Gasteiger partial charge is 0.496 e. The molecule has 3 rings (SSSR count). The smallest absolute Gasteiger partial charge is 0.128 e. The minimum absolute atomic E-state index is 0.835. The molecule has 17 heavy (non-hydrogen) atoms. The average molecular weight is 224 g/mol. The summed E-state index contributed by atoms with van der Waals surface area (Å²) >= 11 is 0. The van der Waals surface area contributed by atoms with Crippen molar-refractivity contribution < 1.29 is 4.74 Å². The third kappa shape index (κ3) is 1.56. The molecule has 0 atom stereocenters. The molecule has 0 spiro atoms. The fraction of sp³-hybridized carbons (Fsp3) is 0.0714. The lowest BCUT2D eigenvalue weighted by atomic mass is 10.1. The van der Waals surface area contributed by atoms with Crippen molar-refractivity contribution in [2.75, 3.05) is 7.11 Å². The van der Waals surface area contributed by atoms with Crippen molar-refractivity contribution in [3.8, 4) is 17.0 Å². The van der Waals surface area contributed by atoms with Crippen LogP contribution in [0.3, 0.4) is 0 Å². The van der Waals surface area contributed by atoms with E-state index in [1.54, 1.807) is 7.11 Å². The number of fused-ring (bicyclic) bond motifs is 1. The first-order valence-electron chi connectivity index (χ1n) is 5.45. The Bertz CT molecular complexity index is 658. The molecule has 0 aliphatic rings. The van der Waals surface area contributed by atoms with Crippen molar-refractivity contribution in [2.24, 2.45) is 0 Å². The van der Waals surface area contributed by atoms with Gasteiger partial charge in [0, 0.05) is 23.3 Å². The first-order chi connectivity index (χ1) is 8.40. The summed E-state index contributed by atoms with van der Waals surface area (Å²) in [5.74, 6) is 0.835. The Morgan fingerprint density at radius 1 is 1.12 bits per heavy atom. The van der Waals surface area contributed by atoms with Crippen LogP contribution in [0.25, 0.3) is 22.2 Å². The van der Waals surface area contributed by atoms with Crippen molar-refractivity contribution in [1.29, 1.82) is 0 Å². The lowest BCUT2D eigenvalue weighted by molar-refractivity contribution is 0.416. The summed E-state index contributed by atoms with van der Waals surface area (Å²) in [6.07, 6.45) is 3.74. The number of pyridine rings is 1. The molecule has 0 amide bonds. The number of nitrogens with zero attached hydrogens (tertiary/aromatic N) is 1. The summed E-state index contributed by atoms with van der Waals surface area (Å²) in [7, 11) is 1.67. The van der Waals surface area contributed by atoms with Crippen molar-refractivity contribution in [2.45, 2.75) is 0 Å². The fourth-order valence-electron chi connectivity index (χ4n) is 2.03. The monoisotopic (exact) mass is 224 g/mol. The SMILES string of the molecule is COc1ccccc1-c1nccc2cc[nH]c12. The molecule has 0 fully saturated rings. The third-order valence-corrected chi connectivity index (χ3v) is 2.84. The zero-order valence-corrected chi connectivity index (χ0v) is 9.47. The number of rotatable bonds is 2. The van der Waals surface area contributed by atoms with Crippen molar-refractivity contribution in [1.82, 2.24) is 9.97 Å². The number of hydrogen-bond acceptors (Lipinski definition) is 2. The molecule has 0 aliphatic carbocycles. The van der Waals surface area contributed by atoms with Crippen LogP contribution in [0.4, 0.5) is 0 Å². The predicted octanol–water partition coefficient (Wildman–Crippen LogP) is 3.24. The summed E-state index contributed by atoms with van der Waals surface area (Å²) in [5, 5.41) is 1.15. The number of H-pyrrole nitrogens is 1. The number of hydrogen-bond donors (Lipinski definition) is 1. The van der Waals surface area contributed by atoms with Gasteiger partial charge in [0.2, 0.25) is 0 Å². The number of para-hydroxylation sites is 1. The standard InChI is InChI=1S/C14H12N2O/c1-17-12-5-3-2-4-11(12)14-13-10(6-8-15-13)7-9-16-14/h2-9,15H,1H3. The van der Waals surface area contributed by atoms with Crippen LogP contribution in [0, 0.1) is 0 Å². The molecule has 2 heterocycles. The molecule has 0 radical (unpaired) electrons. The van der Waals surface area contributed by atoms with Crippen molar-refractivity contribution >= 4 is 10.9 Å². The molecule has 0 bridgehead atoms. The fourth-order valence-corrected chi connectivity index (χ4v) is 2.03. The Hall–Kier alpha value is -2.29. The molecule has 3 heteroatoms. The van der Waals surface area contributed by atoms with E-state index in [1.807, 2.05) is 48.8 Å². The first-order valence-corrected chi connectivity index (χ1v) is 5.45. The molecular formula is C14H12N2O. The van der Waals surface area contributed by atoms with Crippen LogP contribution in [0.5, 0.6) is 5.75 Å². The maximum atomic E-state index is 5.37. The van der Waals surface area contributed by atoms with Crippen LogP contribution in [-0.4, -0.2) is 17.1 Å². The molecule has 3 nitrogen and oxygen atoms in total. The molecule has 1 N–H and O–H groups in total. The molecule has 3 aromatic rings. The highest BCUT2D eigenvalue weighted by Gasteiger charge is 2.10. The molecule has 1 aromatic carbocycles. The first kappa shape index (κ1) is 9.90. The van der Waals surface area contributed by atoms with Crippen LogP contribution >= 0.6 is 0 Å². The lowest BCUT2D eigenvalue weighted by Crippen LogP contribution is -1.90. The number of nitrogens with one attached hydrogen (secondary N) is 1. The Balaban J connectivity index is 2.30. The summed E-state index contributed by atoms with van der Waals surface area (Å²) < 4.78 is 5.37.